The molecule has 1 aliphatic carbocycles. The highest BCUT2D eigenvalue weighted by Gasteiger charge is 2.51. The van der Waals surface area contributed by atoms with Crippen molar-refractivity contribution in [1.82, 2.24) is 4.98 Å². The van der Waals surface area contributed by atoms with E-state index < -0.39 is 7.12 Å². The van der Waals surface area contributed by atoms with Crippen LogP contribution in [0.25, 0.3) is 0 Å². The molecule has 1 fully saturated rings. The molecule has 4 rings (SSSR count). The van der Waals surface area contributed by atoms with Crippen LogP contribution in [0, 0.1) is 6.92 Å². The van der Waals surface area contributed by atoms with Crippen LogP contribution in [0.5, 0.6) is 0 Å². The van der Waals surface area contributed by atoms with Crippen molar-refractivity contribution in [2.24, 2.45) is 10.9 Å². The first-order valence-electron chi connectivity index (χ1n) is 11.9. The van der Waals surface area contributed by atoms with Gasteiger partial charge in [0, 0.05) is 17.2 Å². The minimum Gasteiger partial charge on any atom is -0.399 e. The molecule has 0 spiro atoms. The quantitative estimate of drug-likeness (QED) is 0.319. The van der Waals surface area contributed by atoms with Gasteiger partial charge in [0.1, 0.15) is 5.71 Å². The van der Waals surface area contributed by atoms with Crippen molar-refractivity contribution >= 4 is 18.3 Å². The summed E-state index contributed by atoms with van der Waals surface area (Å²) in [7, 11) is -0.441. The number of benzene rings is 1. The van der Waals surface area contributed by atoms with Crippen LogP contribution in [0.3, 0.4) is 0 Å². The molecule has 1 aliphatic heterocycles. The zero-order chi connectivity index (χ0) is 24.4. The summed E-state index contributed by atoms with van der Waals surface area (Å²) in [6, 6.07) is 8.58. The topological polar surface area (TPSA) is 69.7 Å². The highest BCUT2D eigenvalue weighted by molar-refractivity contribution is 6.62. The van der Waals surface area contributed by atoms with Crippen molar-refractivity contribution in [3.63, 3.8) is 0 Å². The van der Waals surface area contributed by atoms with Crippen LogP contribution >= 0.6 is 0 Å². The summed E-state index contributed by atoms with van der Waals surface area (Å²) in [6.45, 7) is 19.7. The lowest BCUT2D eigenvalue weighted by atomic mass is 9.62. The molecule has 0 bridgehead atoms. The molecule has 1 aromatic heterocycles. The summed E-state index contributed by atoms with van der Waals surface area (Å²) in [5.74, 6) is 5.93. The Morgan fingerprint density at radius 3 is 1.94 bits per heavy atom. The number of hydrazone groups is 1. The maximum Gasteiger partial charge on any atom is 0.496 e. The number of aryl methyl sites for hydroxylation is 1. The van der Waals surface area contributed by atoms with Crippen molar-refractivity contribution in [2.75, 3.05) is 0 Å². The van der Waals surface area contributed by atoms with Crippen molar-refractivity contribution < 1.29 is 9.31 Å². The smallest absolute Gasteiger partial charge is 0.399 e. The molecule has 0 amide bonds. The second-order valence-electron chi connectivity index (χ2n) is 12.0. The molecule has 0 atom stereocenters. The number of pyridine rings is 1. The van der Waals surface area contributed by atoms with Crippen LogP contribution in [-0.4, -0.2) is 29.0 Å². The van der Waals surface area contributed by atoms with Gasteiger partial charge in [-0.1, -0.05) is 39.8 Å². The van der Waals surface area contributed by atoms with Gasteiger partial charge < -0.3 is 15.2 Å². The third-order valence-electron chi connectivity index (χ3n) is 8.14. The molecule has 2 N–H and O–H groups in total. The average molecular weight is 447 g/mol. The van der Waals surface area contributed by atoms with Gasteiger partial charge in [0.25, 0.3) is 0 Å². The van der Waals surface area contributed by atoms with E-state index in [1.165, 1.54) is 23.1 Å². The second-order valence-corrected chi connectivity index (χ2v) is 12.0. The van der Waals surface area contributed by atoms with Crippen LogP contribution in [0.2, 0.25) is 0 Å². The van der Waals surface area contributed by atoms with Crippen LogP contribution in [0.4, 0.5) is 0 Å². The molecule has 2 aromatic rings. The van der Waals surface area contributed by atoms with E-state index in [1.807, 2.05) is 18.3 Å². The molecular formula is C27H38BN3O2. The van der Waals surface area contributed by atoms with Crippen molar-refractivity contribution in [3.8, 4) is 0 Å². The zero-order valence-electron chi connectivity index (χ0n) is 21.7. The first-order valence-corrected chi connectivity index (χ1v) is 11.9. The fraction of sp³-hybridized carbons (Fsp3) is 0.556. The maximum absolute atomic E-state index is 6.17. The Kier molecular flexibility index (Phi) is 5.57. The molecule has 2 aliphatic rings. The molecule has 33 heavy (non-hydrogen) atoms. The minimum absolute atomic E-state index is 0.112. The number of hydrogen-bond donors (Lipinski definition) is 1. The molecule has 0 radical (unpaired) electrons. The highest BCUT2D eigenvalue weighted by atomic mass is 16.7. The van der Waals surface area contributed by atoms with Crippen LogP contribution in [0.1, 0.15) is 96.2 Å². The molecule has 2 heterocycles. The van der Waals surface area contributed by atoms with Crippen LogP contribution < -0.4 is 11.3 Å². The number of hydrogen-bond acceptors (Lipinski definition) is 5. The van der Waals surface area contributed by atoms with Crippen molar-refractivity contribution in [2.45, 2.75) is 97.2 Å². The van der Waals surface area contributed by atoms with Gasteiger partial charge in [-0.3, -0.25) is 4.98 Å². The van der Waals surface area contributed by atoms with E-state index in [0.29, 0.717) is 5.71 Å². The molecule has 0 unspecified atom stereocenters. The maximum atomic E-state index is 6.17. The predicted molar refractivity (Wildman–Crippen MR) is 136 cm³/mol. The molecule has 0 saturated carbocycles. The molecular weight excluding hydrogens is 409 g/mol. The van der Waals surface area contributed by atoms with E-state index in [-0.39, 0.29) is 22.0 Å². The molecule has 1 aromatic carbocycles. The Hall–Kier alpha value is -2.18. The number of fused-ring (bicyclic) bond motifs is 1. The van der Waals surface area contributed by atoms with E-state index >= 15 is 0 Å². The van der Waals surface area contributed by atoms with Gasteiger partial charge in [-0.2, -0.15) is 5.10 Å². The predicted octanol–water partition coefficient (Wildman–Crippen LogP) is 4.75. The summed E-state index contributed by atoms with van der Waals surface area (Å²) in [5.41, 5.74) is 6.86. The SMILES string of the molecule is Cc1cc2c(cc1/C(=N\N)c1ccc(B3OC(C)(C)C(C)(C)O3)cn1)C(C)(C)CCC2(C)C. The third kappa shape index (κ3) is 4.02. The monoisotopic (exact) mass is 447 g/mol. The Bertz CT molecular complexity index is 1090. The van der Waals surface area contributed by atoms with Crippen molar-refractivity contribution in [3.05, 3.63) is 58.4 Å². The summed E-state index contributed by atoms with van der Waals surface area (Å²) in [5, 5.41) is 4.19. The first kappa shape index (κ1) is 24.0. The standard InChI is InChI=1S/C27H38BN3O2/c1-17-14-20-21(25(4,5)13-12-24(20,2)3)15-19(17)23(31-29)22-11-10-18(16-30-22)28-32-26(6,7)27(8,9)33-28/h10-11,14-16H,12-13,29H2,1-9H3/b31-23+. The number of nitrogens with two attached hydrogens (primary N) is 1. The van der Waals surface area contributed by atoms with Crippen LogP contribution in [-0.2, 0) is 20.1 Å². The lowest BCUT2D eigenvalue weighted by Gasteiger charge is -2.42. The molecule has 176 valence electrons. The Morgan fingerprint density at radius 2 is 1.45 bits per heavy atom. The number of rotatable bonds is 3. The van der Waals surface area contributed by atoms with E-state index in [1.54, 1.807) is 0 Å². The normalized spacial score (nSPS) is 22.8. The van der Waals surface area contributed by atoms with Crippen LogP contribution in [0.15, 0.2) is 35.6 Å². The minimum atomic E-state index is -0.441. The first-order chi connectivity index (χ1) is 15.2. The summed E-state index contributed by atoms with van der Waals surface area (Å²) in [6.07, 6.45) is 4.15. The third-order valence-corrected chi connectivity index (χ3v) is 8.14. The van der Waals surface area contributed by atoms with Gasteiger partial charge in [0.05, 0.1) is 16.9 Å². The molecule has 5 nitrogen and oxygen atoms in total. The van der Waals surface area contributed by atoms with E-state index in [4.69, 9.17) is 20.1 Å². The van der Waals surface area contributed by atoms with Gasteiger partial charge in [-0.25, -0.2) is 0 Å². The van der Waals surface area contributed by atoms with E-state index in [0.717, 1.165) is 23.1 Å². The number of aromatic nitrogens is 1. The van der Waals surface area contributed by atoms with E-state index in [9.17, 15) is 0 Å². The van der Waals surface area contributed by atoms with Gasteiger partial charge in [0.2, 0.25) is 0 Å². The highest BCUT2D eigenvalue weighted by Crippen LogP contribution is 2.46. The Balaban J connectivity index is 1.69. The number of nitrogens with zero attached hydrogens (tertiary/aromatic N) is 2. The fourth-order valence-electron chi connectivity index (χ4n) is 4.91. The second kappa shape index (κ2) is 7.67. The van der Waals surface area contributed by atoms with Crippen molar-refractivity contribution in [1.29, 1.82) is 0 Å². The molecule has 6 heteroatoms. The Labute approximate surface area is 199 Å². The zero-order valence-corrected chi connectivity index (χ0v) is 21.7. The van der Waals surface area contributed by atoms with Gasteiger partial charge in [0.15, 0.2) is 0 Å². The average Bonchev–Trinajstić information content (AvgIpc) is 2.94. The lowest BCUT2D eigenvalue weighted by molar-refractivity contribution is 0.00578. The van der Waals surface area contributed by atoms with Gasteiger partial charge >= 0.3 is 7.12 Å². The molecule has 1 saturated heterocycles. The van der Waals surface area contributed by atoms with Gasteiger partial charge in [-0.15, -0.1) is 0 Å². The fourth-order valence-corrected chi connectivity index (χ4v) is 4.91. The lowest BCUT2D eigenvalue weighted by Crippen LogP contribution is -2.41. The van der Waals surface area contributed by atoms with E-state index in [2.05, 4.69) is 79.5 Å². The summed E-state index contributed by atoms with van der Waals surface area (Å²) >= 11 is 0. The van der Waals surface area contributed by atoms with Gasteiger partial charge in [-0.05, 0) is 87.1 Å². The Morgan fingerprint density at radius 1 is 0.909 bits per heavy atom. The largest absolute Gasteiger partial charge is 0.496 e. The summed E-state index contributed by atoms with van der Waals surface area (Å²) < 4.78 is 12.3. The summed E-state index contributed by atoms with van der Waals surface area (Å²) in [4.78, 5) is 4.71.